The standard InChI is InChI=1S/C14H15BO5.C12H24B2O4.C8H3BrO3.CH4/c1-13(2)14(3,4)20-15(19-13)8-5-6-9-10(7-8)12(17)18-11(9)16;1-9(2)10(3,4)16-13(15-9)14-17-11(5,6)12(7,8)18-14;9-4-1-2-5-6(3-4)8(11)12-7(5)10;/h5-7H,1-4H3;1-8H3;1-3H;1H4. The van der Waals surface area contributed by atoms with E-state index in [9.17, 15) is 19.2 Å². The van der Waals surface area contributed by atoms with E-state index in [0.717, 1.165) is 4.47 Å². The van der Waals surface area contributed by atoms with Crippen molar-refractivity contribution >= 4 is 66.4 Å². The minimum atomic E-state index is -0.622. The number of rotatable bonds is 2. The molecule has 51 heavy (non-hydrogen) atoms. The molecule has 0 bridgehead atoms. The summed E-state index contributed by atoms with van der Waals surface area (Å²) in [4.78, 5) is 44.9. The molecule has 0 atom stereocenters. The van der Waals surface area contributed by atoms with Gasteiger partial charge in [0.1, 0.15) is 0 Å². The molecule has 7 rings (SSSR count). The number of fused-ring (bicyclic) bond motifs is 2. The van der Waals surface area contributed by atoms with E-state index < -0.39 is 56.2 Å². The van der Waals surface area contributed by atoms with Crippen LogP contribution in [-0.4, -0.2) is 78.6 Å². The van der Waals surface area contributed by atoms with Crippen LogP contribution in [0.15, 0.2) is 40.9 Å². The largest absolute Gasteiger partial charge is 0.494 e. The summed E-state index contributed by atoms with van der Waals surface area (Å²) in [6.45, 7) is 24.0. The van der Waals surface area contributed by atoms with Gasteiger partial charge in [-0.15, -0.1) is 0 Å². The number of esters is 4. The molecule has 274 valence electrons. The van der Waals surface area contributed by atoms with Crippen LogP contribution in [-0.2, 0) is 37.4 Å². The number of ether oxygens (including phenoxy) is 2. The number of cyclic esters (lactones) is 4. The molecule has 5 aliphatic heterocycles. The maximum atomic E-state index is 11.6. The van der Waals surface area contributed by atoms with Gasteiger partial charge in [-0.1, -0.05) is 29.4 Å². The Morgan fingerprint density at radius 1 is 0.451 bits per heavy atom. The molecule has 0 aliphatic carbocycles. The first-order chi connectivity index (χ1) is 22.8. The fourth-order valence-corrected chi connectivity index (χ4v) is 5.65. The van der Waals surface area contributed by atoms with Crippen LogP contribution >= 0.6 is 15.9 Å². The Bertz CT molecular complexity index is 1670. The predicted molar refractivity (Wildman–Crippen MR) is 195 cm³/mol. The molecule has 0 unspecified atom stereocenters. The van der Waals surface area contributed by atoms with Crippen LogP contribution in [0.1, 0.15) is 132 Å². The zero-order valence-electron chi connectivity index (χ0n) is 30.5. The van der Waals surface area contributed by atoms with E-state index in [2.05, 4.69) is 25.4 Å². The molecule has 5 aliphatic rings. The zero-order valence-corrected chi connectivity index (χ0v) is 32.1. The van der Waals surface area contributed by atoms with Crippen molar-refractivity contribution in [3.63, 3.8) is 0 Å². The van der Waals surface area contributed by atoms with Crippen molar-refractivity contribution in [2.24, 2.45) is 0 Å². The zero-order chi connectivity index (χ0) is 37.4. The lowest BCUT2D eigenvalue weighted by molar-refractivity contribution is 0.00578. The second kappa shape index (κ2) is 13.5. The summed E-state index contributed by atoms with van der Waals surface area (Å²) in [6.07, 6.45) is 0. The highest BCUT2D eigenvalue weighted by atomic mass is 79.9. The number of carbonyl (C=O) groups excluding carboxylic acids is 4. The second-order valence-corrected chi connectivity index (χ2v) is 16.6. The third-order valence-electron chi connectivity index (χ3n) is 10.6. The van der Waals surface area contributed by atoms with Crippen LogP contribution in [0.25, 0.3) is 0 Å². The fraction of sp³-hybridized carbons (Fsp3) is 0.543. The maximum absolute atomic E-state index is 11.6. The van der Waals surface area contributed by atoms with Gasteiger partial charge in [-0.3, -0.25) is 0 Å². The van der Waals surface area contributed by atoms with Crippen molar-refractivity contribution in [1.29, 1.82) is 0 Å². The molecule has 3 saturated heterocycles. The molecule has 12 nitrogen and oxygen atoms in total. The molecule has 2 aromatic rings. The summed E-state index contributed by atoms with van der Waals surface area (Å²) < 4.78 is 45.4. The average molecular weight is 771 g/mol. The van der Waals surface area contributed by atoms with Crippen LogP contribution in [0.4, 0.5) is 0 Å². The Hall–Kier alpha value is -2.85. The molecule has 5 heterocycles. The molecular weight excluding hydrogens is 725 g/mol. The highest BCUT2D eigenvalue weighted by molar-refractivity contribution is 9.10. The lowest BCUT2D eigenvalue weighted by Gasteiger charge is -2.32. The van der Waals surface area contributed by atoms with Crippen LogP contribution in [0.3, 0.4) is 0 Å². The smallest absolute Gasteiger partial charge is 0.405 e. The van der Waals surface area contributed by atoms with Crippen molar-refractivity contribution in [2.45, 2.75) is 124 Å². The van der Waals surface area contributed by atoms with Gasteiger partial charge in [0.25, 0.3) is 0 Å². The molecular formula is C35H46B3BrO12. The van der Waals surface area contributed by atoms with Gasteiger partial charge in [0.05, 0.1) is 55.9 Å². The van der Waals surface area contributed by atoms with E-state index in [1.54, 1.807) is 36.4 Å². The Balaban J connectivity index is 0.000000175. The average Bonchev–Trinajstić information content (AvgIpc) is 3.65. The van der Waals surface area contributed by atoms with Crippen LogP contribution < -0.4 is 5.46 Å². The van der Waals surface area contributed by atoms with Gasteiger partial charge in [-0.25, -0.2) is 19.2 Å². The van der Waals surface area contributed by atoms with Crippen LogP contribution in [0, 0.1) is 0 Å². The molecule has 0 amide bonds. The lowest BCUT2D eigenvalue weighted by atomic mass is 9.49. The van der Waals surface area contributed by atoms with Gasteiger partial charge < -0.3 is 37.4 Å². The molecule has 16 heteroatoms. The van der Waals surface area contributed by atoms with E-state index >= 15 is 0 Å². The minimum Gasteiger partial charge on any atom is -0.405 e. The number of hydrogen-bond donors (Lipinski definition) is 0. The Labute approximate surface area is 309 Å². The Morgan fingerprint density at radius 2 is 0.765 bits per heavy atom. The minimum absolute atomic E-state index is 0. The summed E-state index contributed by atoms with van der Waals surface area (Å²) in [5, 5.41) is 0. The Morgan fingerprint density at radius 3 is 1.16 bits per heavy atom. The molecule has 0 aromatic heterocycles. The van der Waals surface area contributed by atoms with Crippen LogP contribution in [0.2, 0.25) is 0 Å². The molecule has 2 aromatic carbocycles. The van der Waals surface area contributed by atoms with Crippen molar-refractivity contribution in [3.05, 3.63) is 63.1 Å². The van der Waals surface area contributed by atoms with Gasteiger partial charge >= 0.3 is 45.0 Å². The first-order valence-electron chi connectivity index (χ1n) is 16.3. The molecule has 0 saturated carbocycles. The van der Waals surface area contributed by atoms with Gasteiger partial charge in [0, 0.05) is 4.47 Å². The molecule has 3 fully saturated rings. The summed E-state index contributed by atoms with van der Waals surface area (Å²) in [5.74, 6) is -2.37. The van der Waals surface area contributed by atoms with E-state index in [4.69, 9.17) is 27.9 Å². The number of hydrogen-bond acceptors (Lipinski definition) is 12. The van der Waals surface area contributed by atoms with Crippen molar-refractivity contribution in [1.82, 2.24) is 0 Å². The van der Waals surface area contributed by atoms with E-state index in [1.165, 1.54) is 0 Å². The first kappa shape index (κ1) is 40.9. The summed E-state index contributed by atoms with van der Waals surface area (Å²) in [5.41, 5.74) is -0.422. The quantitative estimate of drug-likeness (QED) is 0.203. The highest BCUT2D eigenvalue weighted by Gasteiger charge is 2.63. The highest BCUT2D eigenvalue weighted by Crippen LogP contribution is 2.43. The van der Waals surface area contributed by atoms with E-state index in [1.807, 2.05) is 83.1 Å². The van der Waals surface area contributed by atoms with Gasteiger partial charge in [-0.05, 0) is 119 Å². The number of carbonyl (C=O) groups is 4. The SMILES string of the molecule is C.CC1(C)OB(B2OC(C)(C)C(C)(C)O2)OC1(C)C.CC1(C)OB(c2ccc3c(c2)C(=O)OC3=O)OC1(C)C.O=C1OC(=O)c2cc(Br)ccc21. The van der Waals surface area contributed by atoms with Gasteiger partial charge in [-0.2, -0.15) is 0 Å². The fourth-order valence-electron chi connectivity index (χ4n) is 5.29. The lowest BCUT2D eigenvalue weighted by Crippen LogP contribution is -2.41. The van der Waals surface area contributed by atoms with Gasteiger partial charge in [0.2, 0.25) is 0 Å². The van der Waals surface area contributed by atoms with Crippen molar-refractivity contribution in [3.8, 4) is 0 Å². The monoisotopic (exact) mass is 770 g/mol. The van der Waals surface area contributed by atoms with Gasteiger partial charge in [0.15, 0.2) is 0 Å². The normalized spacial score (nSPS) is 23.7. The summed E-state index contributed by atoms with van der Waals surface area (Å²) in [7, 11) is -1.51. The van der Waals surface area contributed by atoms with Crippen molar-refractivity contribution < 1.29 is 56.6 Å². The van der Waals surface area contributed by atoms with Crippen molar-refractivity contribution in [2.75, 3.05) is 0 Å². The number of benzene rings is 2. The summed E-state index contributed by atoms with van der Waals surface area (Å²) >= 11 is 3.19. The maximum Gasteiger partial charge on any atom is 0.494 e. The Kier molecular flexibility index (Phi) is 10.9. The van der Waals surface area contributed by atoms with Crippen LogP contribution in [0.5, 0.6) is 0 Å². The predicted octanol–water partition coefficient (Wildman–Crippen LogP) is 5.94. The molecule has 0 radical (unpaired) electrons. The third kappa shape index (κ3) is 7.64. The van der Waals surface area contributed by atoms with E-state index in [0.29, 0.717) is 16.6 Å². The first-order valence-corrected chi connectivity index (χ1v) is 17.1. The molecule has 0 spiro atoms. The summed E-state index contributed by atoms with van der Waals surface area (Å²) in [6, 6.07) is 9.72. The number of halogens is 1. The molecule has 0 N–H and O–H groups in total. The second-order valence-electron chi connectivity index (χ2n) is 15.7. The third-order valence-corrected chi connectivity index (χ3v) is 11.1. The van der Waals surface area contributed by atoms with E-state index in [-0.39, 0.29) is 41.0 Å². The topological polar surface area (TPSA) is 142 Å².